The van der Waals surface area contributed by atoms with Gasteiger partial charge in [-0.25, -0.2) is 4.39 Å². The molecule has 2 aromatic carbocycles. The number of amides is 1. The van der Waals surface area contributed by atoms with Gasteiger partial charge >= 0.3 is 0 Å². The highest BCUT2D eigenvalue weighted by Crippen LogP contribution is 2.39. The maximum atomic E-state index is 13.5. The van der Waals surface area contributed by atoms with Crippen LogP contribution in [0.15, 0.2) is 53.4 Å². The molecule has 0 aromatic heterocycles. The van der Waals surface area contributed by atoms with Crippen LogP contribution >= 0.6 is 23.4 Å². The van der Waals surface area contributed by atoms with Crippen molar-refractivity contribution in [2.24, 2.45) is 11.7 Å². The van der Waals surface area contributed by atoms with Crippen molar-refractivity contribution in [2.75, 3.05) is 13.1 Å². The number of hydrogen-bond donors (Lipinski definition) is 1. The van der Waals surface area contributed by atoms with Crippen LogP contribution in [0.4, 0.5) is 4.39 Å². The number of carbonyl (C=O) groups is 1. The first kappa shape index (κ1) is 19.2. The van der Waals surface area contributed by atoms with Crippen molar-refractivity contribution < 1.29 is 9.18 Å². The monoisotopic (exact) mass is 392 g/mol. The van der Waals surface area contributed by atoms with E-state index in [1.165, 1.54) is 17.8 Å². The van der Waals surface area contributed by atoms with E-state index in [2.05, 4.69) is 6.92 Å². The second-order valence-electron chi connectivity index (χ2n) is 6.66. The summed E-state index contributed by atoms with van der Waals surface area (Å²) in [5, 5.41) is -0.344. The van der Waals surface area contributed by atoms with Crippen LogP contribution in [0.5, 0.6) is 0 Å². The third kappa shape index (κ3) is 4.22. The highest BCUT2D eigenvalue weighted by Gasteiger charge is 2.36. The number of halogens is 2. The first-order chi connectivity index (χ1) is 12.5. The van der Waals surface area contributed by atoms with Gasteiger partial charge in [0.2, 0.25) is 5.91 Å². The van der Waals surface area contributed by atoms with Crippen LogP contribution in [0.3, 0.4) is 0 Å². The zero-order chi connectivity index (χ0) is 18.7. The summed E-state index contributed by atoms with van der Waals surface area (Å²) in [6.45, 7) is 3.34. The lowest BCUT2D eigenvalue weighted by Gasteiger charge is -2.27. The number of rotatable bonds is 5. The molecule has 3 nitrogen and oxygen atoms in total. The summed E-state index contributed by atoms with van der Waals surface area (Å²) in [4.78, 5) is 16.0. The molecule has 1 aliphatic heterocycles. The SMILES string of the molecule is CC1CC(CN)CN1C(=O)C(Sc1ccc(F)c(Cl)c1)c1ccccc1. The maximum Gasteiger partial charge on any atom is 0.240 e. The van der Waals surface area contributed by atoms with E-state index in [1.54, 1.807) is 12.1 Å². The molecule has 0 saturated carbocycles. The maximum absolute atomic E-state index is 13.5. The second kappa shape index (κ2) is 8.42. The zero-order valence-corrected chi connectivity index (χ0v) is 16.1. The van der Waals surface area contributed by atoms with Gasteiger partial charge in [0.05, 0.1) is 5.02 Å². The number of carbonyl (C=O) groups excluding carboxylic acids is 1. The summed E-state index contributed by atoms with van der Waals surface area (Å²) in [6, 6.07) is 14.4. The van der Waals surface area contributed by atoms with Crippen molar-refractivity contribution in [3.8, 4) is 0 Å². The van der Waals surface area contributed by atoms with Crippen LogP contribution in [0.1, 0.15) is 24.2 Å². The van der Waals surface area contributed by atoms with Crippen LogP contribution in [0, 0.1) is 11.7 Å². The number of nitrogens with two attached hydrogens (primary N) is 1. The van der Waals surface area contributed by atoms with E-state index in [-0.39, 0.29) is 17.0 Å². The number of nitrogens with zero attached hydrogens (tertiary/aromatic N) is 1. The smallest absolute Gasteiger partial charge is 0.240 e. The topological polar surface area (TPSA) is 46.3 Å². The van der Waals surface area contributed by atoms with E-state index < -0.39 is 11.1 Å². The van der Waals surface area contributed by atoms with E-state index in [1.807, 2.05) is 35.2 Å². The van der Waals surface area contributed by atoms with Crippen LogP contribution in [0.25, 0.3) is 0 Å². The van der Waals surface area contributed by atoms with Crippen molar-refractivity contribution in [2.45, 2.75) is 29.5 Å². The Kier molecular flexibility index (Phi) is 6.22. The predicted octanol–water partition coefficient (Wildman–Crippen LogP) is 4.51. The van der Waals surface area contributed by atoms with Crippen molar-refractivity contribution in [1.29, 1.82) is 0 Å². The van der Waals surface area contributed by atoms with E-state index in [9.17, 15) is 9.18 Å². The van der Waals surface area contributed by atoms with Gasteiger partial charge in [-0.3, -0.25) is 4.79 Å². The van der Waals surface area contributed by atoms with E-state index in [0.29, 0.717) is 19.0 Å². The lowest BCUT2D eigenvalue weighted by molar-refractivity contribution is -0.131. The molecule has 3 unspecified atom stereocenters. The van der Waals surface area contributed by atoms with Gasteiger partial charge in [0.15, 0.2) is 0 Å². The highest BCUT2D eigenvalue weighted by molar-refractivity contribution is 8.00. The fraction of sp³-hybridized carbons (Fsp3) is 0.350. The fourth-order valence-electron chi connectivity index (χ4n) is 3.35. The van der Waals surface area contributed by atoms with Crippen LogP contribution < -0.4 is 5.73 Å². The van der Waals surface area contributed by atoms with E-state index in [0.717, 1.165) is 16.9 Å². The average molecular weight is 393 g/mol. The van der Waals surface area contributed by atoms with Gasteiger partial charge in [-0.2, -0.15) is 0 Å². The molecule has 0 radical (unpaired) electrons. The lowest BCUT2D eigenvalue weighted by atomic mass is 10.1. The zero-order valence-electron chi connectivity index (χ0n) is 14.6. The van der Waals surface area contributed by atoms with Crippen molar-refractivity contribution in [3.63, 3.8) is 0 Å². The molecule has 1 fully saturated rings. The Morgan fingerprint density at radius 3 is 2.69 bits per heavy atom. The molecule has 6 heteroatoms. The predicted molar refractivity (Wildman–Crippen MR) is 105 cm³/mol. The molecule has 3 atom stereocenters. The van der Waals surface area contributed by atoms with Gasteiger partial charge in [0, 0.05) is 17.5 Å². The largest absolute Gasteiger partial charge is 0.338 e. The molecule has 0 spiro atoms. The highest BCUT2D eigenvalue weighted by atomic mass is 35.5. The summed E-state index contributed by atoms with van der Waals surface area (Å²) in [7, 11) is 0. The molecule has 138 valence electrons. The van der Waals surface area contributed by atoms with Gasteiger partial charge in [-0.1, -0.05) is 41.9 Å². The minimum absolute atomic E-state index is 0.0603. The van der Waals surface area contributed by atoms with Gasteiger partial charge in [0.25, 0.3) is 0 Å². The van der Waals surface area contributed by atoms with Gasteiger partial charge in [-0.15, -0.1) is 11.8 Å². The summed E-state index contributed by atoms with van der Waals surface area (Å²) in [5.74, 6) is -0.0571. The Balaban J connectivity index is 1.88. The summed E-state index contributed by atoms with van der Waals surface area (Å²) in [6.07, 6.45) is 0.927. The summed E-state index contributed by atoms with van der Waals surface area (Å²) >= 11 is 7.31. The third-order valence-electron chi connectivity index (χ3n) is 4.75. The molecule has 0 aliphatic carbocycles. The standard InChI is InChI=1S/C20H22ClFN2OS/c1-13-9-14(11-23)12-24(13)20(25)19(15-5-3-2-4-6-15)26-16-7-8-18(22)17(21)10-16/h2-8,10,13-14,19H,9,11-12,23H2,1H3. The Morgan fingerprint density at radius 1 is 1.35 bits per heavy atom. The molecule has 2 N–H and O–H groups in total. The molecule has 3 rings (SSSR count). The van der Waals surface area contributed by atoms with Crippen LogP contribution in [0.2, 0.25) is 5.02 Å². The quantitative estimate of drug-likeness (QED) is 0.761. The summed E-state index contributed by atoms with van der Waals surface area (Å²) < 4.78 is 13.5. The molecule has 1 saturated heterocycles. The Bertz CT molecular complexity index is 774. The number of likely N-dealkylation sites (tertiary alicyclic amines) is 1. The average Bonchev–Trinajstić information content (AvgIpc) is 3.03. The molecule has 1 amide bonds. The van der Waals surface area contributed by atoms with Crippen molar-refractivity contribution >= 4 is 29.3 Å². The molecule has 2 aromatic rings. The van der Waals surface area contributed by atoms with Crippen molar-refractivity contribution in [3.05, 3.63) is 64.9 Å². The van der Waals surface area contributed by atoms with E-state index in [4.69, 9.17) is 17.3 Å². The molecule has 0 bridgehead atoms. The number of thioether (sulfide) groups is 1. The van der Waals surface area contributed by atoms with Crippen molar-refractivity contribution in [1.82, 2.24) is 4.90 Å². The van der Waals surface area contributed by atoms with Gasteiger partial charge in [0.1, 0.15) is 11.1 Å². The molecular formula is C20H22ClFN2OS. The first-order valence-corrected chi connectivity index (χ1v) is 9.92. The lowest BCUT2D eigenvalue weighted by Crippen LogP contribution is -2.37. The fourth-order valence-corrected chi connectivity index (χ4v) is 4.73. The number of hydrogen-bond acceptors (Lipinski definition) is 3. The summed E-state index contributed by atoms with van der Waals surface area (Å²) in [5.41, 5.74) is 6.73. The molecule has 26 heavy (non-hydrogen) atoms. The van der Waals surface area contributed by atoms with Gasteiger partial charge in [-0.05, 0) is 49.6 Å². The van der Waals surface area contributed by atoms with Crippen LogP contribution in [-0.4, -0.2) is 29.9 Å². The molecule has 1 heterocycles. The Morgan fingerprint density at radius 2 is 2.08 bits per heavy atom. The molecule has 1 aliphatic rings. The normalized spacial score (nSPS) is 21.0. The number of benzene rings is 2. The second-order valence-corrected chi connectivity index (χ2v) is 8.25. The van der Waals surface area contributed by atoms with E-state index >= 15 is 0 Å². The Hall–Kier alpha value is -1.56. The van der Waals surface area contributed by atoms with Crippen LogP contribution in [-0.2, 0) is 4.79 Å². The third-order valence-corrected chi connectivity index (χ3v) is 6.27. The Labute approximate surface area is 162 Å². The van der Waals surface area contributed by atoms with Gasteiger partial charge < -0.3 is 10.6 Å². The first-order valence-electron chi connectivity index (χ1n) is 8.66. The minimum atomic E-state index is -0.461. The molecular weight excluding hydrogens is 371 g/mol. The minimum Gasteiger partial charge on any atom is -0.338 e.